The van der Waals surface area contributed by atoms with E-state index in [-0.39, 0.29) is 6.17 Å². The monoisotopic (exact) mass is 496 g/mol. The Morgan fingerprint density at radius 3 is 1.16 bits per heavy atom. The third-order valence-corrected chi connectivity index (χ3v) is 7.57. The van der Waals surface area contributed by atoms with E-state index in [0.717, 1.165) is 45.5 Å². The number of anilines is 4. The number of fused-ring (bicyclic) bond motifs is 1. The first-order valence-electron chi connectivity index (χ1n) is 13.2. The second kappa shape index (κ2) is 9.46. The molecule has 2 heterocycles. The molecular formula is C34H32N4. The van der Waals surface area contributed by atoms with Crippen molar-refractivity contribution >= 4 is 23.0 Å². The van der Waals surface area contributed by atoms with Gasteiger partial charge in [-0.2, -0.15) is 0 Å². The van der Waals surface area contributed by atoms with Crippen LogP contribution in [0.25, 0.3) is 22.5 Å². The molecule has 4 heteroatoms. The molecule has 0 N–H and O–H groups in total. The normalized spacial score (nSPS) is 13.2. The van der Waals surface area contributed by atoms with Crippen LogP contribution in [0.4, 0.5) is 23.0 Å². The molecule has 1 aliphatic heterocycles. The minimum absolute atomic E-state index is 0.00571. The highest BCUT2D eigenvalue weighted by molar-refractivity contribution is 5.91. The van der Waals surface area contributed by atoms with Crippen LogP contribution < -0.4 is 9.80 Å². The Kier molecular flexibility index (Phi) is 5.96. The van der Waals surface area contributed by atoms with Gasteiger partial charge in [0.2, 0.25) is 0 Å². The van der Waals surface area contributed by atoms with Crippen LogP contribution in [-0.2, 0) is 0 Å². The summed E-state index contributed by atoms with van der Waals surface area (Å²) in [5.41, 5.74) is 11.2. The molecule has 188 valence electrons. The SMILES string of the molecule is Cc1cccc(C)c1-c1nc2c(nc1-c1c(C)cccc1C)N(c1ccccc1)C(C)N2c1ccccc1. The Bertz CT molecular complexity index is 1460. The van der Waals surface area contributed by atoms with Crippen LogP contribution in [0.15, 0.2) is 97.1 Å². The van der Waals surface area contributed by atoms with Gasteiger partial charge in [-0.15, -0.1) is 0 Å². The zero-order chi connectivity index (χ0) is 26.4. The van der Waals surface area contributed by atoms with Gasteiger partial charge in [-0.3, -0.25) is 0 Å². The summed E-state index contributed by atoms with van der Waals surface area (Å²) in [5, 5.41) is 0. The van der Waals surface area contributed by atoms with E-state index in [2.05, 4.69) is 141 Å². The van der Waals surface area contributed by atoms with E-state index in [4.69, 9.17) is 9.97 Å². The van der Waals surface area contributed by atoms with E-state index in [9.17, 15) is 0 Å². The van der Waals surface area contributed by atoms with Crippen LogP contribution in [0.1, 0.15) is 29.2 Å². The number of aryl methyl sites for hydroxylation is 4. The molecule has 0 aliphatic carbocycles. The highest BCUT2D eigenvalue weighted by Crippen LogP contribution is 2.49. The molecule has 38 heavy (non-hydrogen) atoms. The lowest BCUT2D eigenvalue weighted by atomic mass is 9.92. The minimum atomic E-state index is -0.00571. The summed E-state index contributed by atoms with van der Waals surface area (Å²) >= 11 is 0. The Balaban J connectivity index is 1.71. The van der Waals surface area contributed by atoms with Crippen molar-refractivity contribution in [3.05, 3.63) is 119 Å². The molecule has 0 radical (unpaired) electrons. The lowest BCUT2D eigenvalue weighted by molar-refractivity contribution is 0.754. The Labute approximate surface area is 225 Å². The molecule has 0 bridgehead atoms. The quantitative estimate of drug-likeness (QED) is 0.249. The molecule has 1 aromatic heterocycles. The molecule has 0 fully saturated rings. The van der Waals surface area contributed by atoms with Crippen LogP contribution in [0.5, 0.6) is 0 Å². The predicted octanol–water partition coefficient (Wildman–Crippen LogP) is 8.68. The standard InChI is InChI=1S/C34H32N4/c1-22-14-12-15-23(2)29(22)31-32(30-24(3)16-13-17-25(30)4)36-34-33(35-31)37(27-18-8-6-9-19-27)26(5)38(34)28-20-10-7-11-21-28/h6-21,26H,1-5H3. The zero-order valence-corrected chi connectivity index (χ0v) is 22.6. The van der Waals surface area contributed by atoms with Crippen LogP contribution in [0.3, 0.4) is 0 Å². The molecular weight excluding hydrogens is 464 g/mol. The van der Waals surface area contributed by atoms with Gasteiger partial charge in [0.25, 0.3) is 0 Å². The molecule has 0 amide bonds. The maximum atomic E-state index is 5.51. The second-order valence-electron chi connectivity index (χ2n) is 10.1. The molecule has 0 spiro atoms. The van der Waals surface area contributed by atoms with Gasteiger partial charge in [-0.05, 0) is 81.1 Å². The van der Waals surface area contributed by atoms with Crippen molar-refractivity contribution in [3.63, 3.8) is 0 Å². The van der Waals surface area contributed by atoms with Crippen molar-refractivity contribution in [1.82, 2.24) is 9.97 Å². The molecule has 4 nitrogen and oxygen atoms in total. The molecule has 0 atom stereocenters. The number of nitrogens with zero attached hydrogens (tertiary/aromatic N) is 4. The zero-order valence-electron chi connectivity index (χ0n) is 22.6. The van der Waals surface area contributed by atoms with E-state index in [1.54, 1.807) is 0 Å². The largest absolute Gasteiger partial charge is 0.302 e. The van der Waals surface area contributed by atoms with E-state index in [1.807, 2.05) is 0 Å². The van der Waals surface area contributed by atoms with E-state index in [1.165, 1.54) is 22.3 Å². The first-order valence-corrected chi connectivity index (χ1v) is 13.2. The van der Waals surface area contributed by atoms with Gasteiger partial charge in [0.15, 0.2) is 11.6 Å². The van der Waals surface area contributed by atoms with Gasteiger partial charge in [0.05, 0.1) is 11.4 Å². The molecule has 0 saturated heterocycles. The second-order valence-corrected chi connectivity index (χ2v) is 10.1. The summed E-state index contributed by atoms with van der Waals surface area (Å²) < 4.78 is 0. The molecule has 1 aliphatic rings. The maximum absolute atomic E-state index is 5.51. The highest BCUT2D eigenvalue weighted by Gasteiger charge is 2.39. The summed E-state index contributed by atoms with van der Waals surface area (Å²) in [5.74, 6) is 1.75. The Hall–Kier alpha value is -4.44. The number of hydrogen-bond acceptors (Lipinski definition) is 4. The molecule has 4 aromatic carbocycles. The fraction of sp³-hybridized carbons (Fsp3) is 0.176. The minimum Gasteiger partial charge on any atom is -0.302 e. The van der Waals surface area contributed by atoms with Crippen LogP contribution >= 0.6 is 0 Å². The number of benzene rings is 4. The van der Waals surface area contributed by atoms with Crippen LogP contribution in [-0.4, -0.2) is 16.1 Å². The van der Waals surface area contributed by atoms with E-state index >= 15 is 0 Å². The lowest BCUT2D eigenvalue weighted by Gasteiger charge is -2.29. The fourth-order valence-electron chi connectivity index (χ4n) is 5.79. The highest BCUT2D eigenvalue weighted by atomic mass is 15.5. The number of rotatable bonds is 4. The van der Waals surface area contributed by atoms with Gasteiger partial charge in [-0.1, -0.05) is 72.8 Å². The number of aromatic nitrogens is 2. The van der Waals surface area contributed by atoms with Gasteiger partial charge in [0.1, 0.15) is 6.17 Å². The average molecular weight is 497 g/mol. The summed E-state index contributed by atoms with van der Waals surface area (Å²) in [7, 11) is 0. The Morgan fingerprint density at radius 1 is 0.474 bits per heavy atom. The first kappa shape index (κ1) is 23.9. The lowest BCUT2D eigenvalue weighted by Crippen LogP contribution is -2.35. The Morgan fingerprint density at radius 2 is 0.816 bits per heavy atom. The van der Waals surface area contributed by atoms with Gasteiger partial charge < -0.3 is 9.80 Å². The number of para-hydroxylation sites is 2. The van der Waals surface area contributed by atoms with Crippen molar-refractivity contribution < 1.29 is 0 Å². The van der Waals surface area contributed by atoms with E-state index in [0.29, 0.717) is 0 Å². The van der Waals surface area contributed by atoms with Gasteiger partial charge in [0, 0.05) is 22.5 Å². The molecule has 5 aromatic rings. The fourth-order valence-corrected chi connectivity index (χ4v) is 5.79. The molecule has 0 saturated carbocycles. The van der Waals surface area contributed by atoms with Gasteiger partial charge in [-0.25, -0.2) is 9.97 Å². The number of hydrogen-bond donors (Lipinski definition) is 0. The van der Waals surface area contributed by atoms with Crippen LogP contribution in [0, 0.1) is 27.7 Å². The van der Waals surface area contributed by atoms with Crippen molar-refractivity contribution in [2.75, 3.05) is 9.80 Å². The third-order valence-electron chi connectivity index (χ3n) is 7.57. The maximum Gasteiger partial charge on any atom is 0.179 e. The average Bonchev–Trinajstić information content (AvgIpc) is 3.20. The summed E-state index contributed by atoms with van der Waals surface area (Å²) in [6.07, 6.45) is -0.00571. The predicted molar refractivity (Wildman–Crippen MR) is 158 cm³/mol. The summed E-state index contributed by atoms with van der Waals surface area (Å²) in [6, 6.07) is 33.9. The smallest absolute Gasteiger partial charge is 0.179 e. The van der Waals surface area contributed by atoms with Crippen molar-refractivity contribution in [2.45, 2.75) is 40.8 Å². The summed E-state index contributed by atoms with van der Waals surface area (Å²) in [6.45, 7) is 10.9. The first-order chi connectivity index (χ1) is 18.5. The van der Waals surface area contributed by atoms with E-state index < -0.39 is 0 Å². The summed E-state index contributed by atoms with van der Waals surface area (Å²) in [4.78, 5) is 15.6. The van der Waals surface area contributed by atoms with Crippen molar-refractivity contribution in [2.24, 2.45) is 0 Å². The van der Waals surface area contributed by atoms with Crippen molar-refractivity contribution in [3.8, 4) is 22.5 Å². The van der Waals surface area contributed by atoms with Crippen molar-refractivity contribution in [1.29, 1.82) is 0 Å². The van der Waals surface area contributed by atoms with Gasteiger partial charge >= 0.3 is 0 Å². The molecule has 6 rings (SSSR count). The third kappa shape index (κ3) is 3.84. The van der Waals surface area contributed by atoms with Crippen LogP contribution in [0.2, 0.25) is 0 Å². The molecule has 0 unspecified atom stereocenters. The topological polar surface area (TPSA) is 32.3 Å².